The molecular formula is C20H19FN4O3S2. The molecular weight excluding hydrogens is 427 g/mol. The molecule has 1 aliphatic rings. The Morgan fingerprint density at radius 3 is 2.70 bits per heavy atom. The van der Waals surface area contributed by atoms with Gasteiger partial charge in [0, 0.05) is 42.0 Å². The molecule has 2 N–H and O–H groups in total. The molecule has 4 rings (SSSR count). The van der Waals surface area contributed by atoms with E-state index in [9.17, 15) is 17.6 Å². The van der Waals surface area contributed by atoms with Crippen LogP contribution in [0.3, 0.4) is 0 Å². The molecule has 0 aliphatic carbocycles. The molecule has 30 heavy (non-hydrogen) atoms. The Hall–Kier alpha value is -2.98. The molecule has 7 nitrogen and oxygen atoms in total. The van der Waals surface area contributed by atoms with Crippen molar-refractivity contribution in [3.05, 3.63) is 71.5 Å². The van der Waals surface area contributed by atoms with Crippen LogP contribution in [0.1, 0.15) is 16.8 Å². The number of halogens is 1. The first-order valence-corrected chi connectivity index (χ1v) is 11.6. The maximum Gasteiger partial charge on any atom is 0.261 e. The Morgan fingerprint density at radius 2 is 2.00 bits per heavy atom. The number of hydrogen-bond donors (Lipinski definition) is 2. The minimum atomic E-state index is -3.92. The first-order valence-electron chi connectivity index (χ1n) is 9.24. The van der Waals surface area contributed by atoms with Gasteiger partial charge >= 0.3 is 0 Å². The van der Waals surface area contributed by atoms with Crippen LogP contribution in [0.4, 0.5) is 15.2 Å². The highest BCUT2D eigenvalue weighted by molar-refractivity contribution is 7.92. The number of anilines is 2. The second-order valence-electron chi connectivity index (χ2n) is 6.86. The molecule has 0 radical (unpaired) electrons. The third kappa shape index (κ3) is 4.60. The summed E-state index contributed by atoms with van der Waals surface area (Å²) in [7, 11) is -3.92. The summed E-state index contributed by atoms with van der Waals surface area (Å²) < 4.78 is 40.4. The largest absolute Gasteiger partial charge is 0.347 e. The van der Waals surface area contributed by atoms with Gasteiger partial charge in [-0.05, 0) is 48.9 Å². The third-order valence-corrected chi connectivity index (χ3v) is 6.93. The lowest BCUT2D eigenvalue weighted by molar-refractivity contribution is 0.0940. The van der Waals surface area contributed by atoms with Gasteiger partial charge in [-0.2, -0.15) is 0 Å². The second-order valence-corrected chi connectivity index (χ2v) is 9.42. The van der Waals surface area contributed by atoms with Crippen LogP contribution in [-0.4, -0.2) is 38.4 Å². The van der Waals surface area contributed by atoms with Crippen molar-refractivity contribution in [2.45, 2.75) is 17.4 Å². The molecule has 0 spiro atoms. The summed E-state index contributed by atoms with van der Waals surface area (Å²) in [5.41, 5.74) is 0.711. The van der Waals surface area contributed by atoms with Crippen molar-refractivity contribution in [2.75, 3.05) is 22.7 Å². The molecule has 1 unspecified atom stereocenters. The van der Waals surface area contributed by atoms with Crippen molar-refractivity contribution in [3.63, 3.8) is 0 Å². The van der Waals surface area contributed by atoms with E-state index in [1.807, 2.05) is 5.38 Å². The zero-order valence-corrected chi connectivity index (χ0v) is 17.4. The van der Waals surface area contributed by atoms with Crippen LogP contribution >= 0.6 is 11.3 Å². The van der Waals surface area contributed by atoms with E-state index in [2.05, 4.69) is 19.9 Å². The topological polar surface area (TPSA) is 91.4 Å². The van der Waals surface area contributed by atoms with E-state index in [1.165, 1.54) is 30.3 Å². The molecule has 10 heteroatoms. The van der Waals surface area contributed by atoms with Gasteiger partial charge < -0.3 is 10.2 Å². The molecule has 0 saturated carbocycles. The Bertz CT molecular complexity index is 1140. The summed E-state index contributed by atoms with van der Waals surface area (Å²) in [5.74, 6) is -0.856. The summed E-state index contributed by atoms with van der Waals surface area (Å²) >= 11 is 1.57. The lowest BCUT2D eigenvalue weighted by Crippen LogP contribution is -2.37. The van der Waals surface area contributed by atoms with Gasteiger partial charge in [-0.3, -0.25) is 9.52 Å². The summed E-state index contributed by atoms with van der Waals surface area (Å²) in [6, 6.07) is 10.9. The number of amides is 1. The van der Waals surface area contributed by atoms with Gasteiger partial charge in [0.25, 0.3) is 15.9 Å². The maximum atomic E-state index is 13.3. The van der Waals surface area contributed by atoms with Gasteiger partial charge in [0.05, 0.1) is 4.90 Å². The van der Waals surface area contributed by atoms with Crippen LogP contribution in [0.25, 0.3) is 0 Å². The fourth-order valence-corrected chi connectivity index (χ4v) is 5.00. The van der Waals surface area contributed by atoms with E-state index in [4.69, 9.17) is 0 Å². The number of nitrogens with zero attached hydrogens (tertiary/aromatic N) is 2. The van der Waals surface area contributed by atoms with Gasteiger partial charge in [-0.1, -0.05) is 6.07 Å². The zero-order valence-electron chi connectivity index (χ0n) is 15.8. The van der Waals surface area contributed by atoms with Gasteiger partial charge in [0.15, 0.2) is 5.13 Å². The van der Waals surface area contributed by atoms with Crippen LogP contribution in [0.5, 0.6) is 0 Å². The molecule has 1 fully saturated rings. The average Bonchev–Trinajstić information content (AvgIpc) is 3.40. The normalized spacial score (nSPS) is 16.4. The number of sulfonamides is 1. The Morgan fingerprint density at radius 1 is 1.20 bits per heavy atom. The van der Waals surface area contributed by atoms with Crippen LogP contribution in [-0.2, 0) is 10.0 Å². The van der Waals surface area contributed by atoms with Crippen molar-refractivity contribution in [1.29, 1.82) is 0 Å². The summed E-state index contributed by atoms with van der Waals surface area (Å²) in [6.45, 7) is 1.53. The van der Waals surface area contributed by atoms with Crippen molar-refractivity contribution in [2.24, 2.45) is 0 Å². The minimum absolute atomic E-state index is 0.0209. The highest BCUT2D eigenvalue weighted by Crippen LogP contribution is 2.23. The number of nitrogens with one attached hydrogen (secondary N) is 2. The third-order valence-electron chi connectivity index (χ3n) is 4.72. The van der Waals surface area contributed by atoms with Gasteiger partial charge in [-0.25, -0.2) is 17.8 Å². The summed E-state index contributed by atoms with van der Waals surface area (Å²) in [5, 5.41) is 5.87. The average molecular weight is 447 g/mol. The standard InChI is InChI=1S/C20H19FN4O3S2/c21-15-2-1-3-18(12-15)30(27,28)24-16-6-4-14(5-7-16)19(26)23-17-8-10-25(13-17)20-22-9-11-29-20/h1-7,9,11-12,17,24H,8,10,13H2,(H,23,26). The number of aromatic nitrogens is 1. The number of rotatable bonds is 6. The van der Waals surface area contributed by atoms with Gasteiger partial charge in [-0.15, -0.1) is 11.3 Å². The fraction of sp³-hybridized carbons (Fsp3) is 0.200. The van der Waals surface area contributed by atoms with Gasteiger partial charge in [0.2, 0.25) is 0 Å². The summed E-state index contributed by atoms with van der Waals surface area (Å²) in [6.07, 6.45) is 2.59. The maximum absolute atomic E-state index is 13.3. The monoisotopic (exact) mass is 446 g/mol. The van der Waals surface area contributed by atoms with Crippen molar-refractivity contribution in [3.8, 4) is 0 Å². The van der Waals surface area contributed by atoms with Gasteiger partial charge in [0.1, 0.15) is 5.82 Å². The molecule has 1 aromatic heterocycles. The number of benzene rings is 2. The van der Waals surface area contributed by atoms with E-state index in [0.29, 0.717) is 12.1 Å². The van der Waals surface area contributed by atoms with E-state index >= 15 is 0 Å². The number of carbonyl (C=O) groups is 1. The van der Waals surface area contributed by atoms with E-state index in [0.717, 1.165) is 24.2 Å². The lowest BCUT2D eigenvalue weighted by Gasteiger charge is -2.16. The Labute approximate surface area is 177 Å². The van der Waals surface area contributed by atoms with E-state index < -0.39 is 15.8 Å². The van der Waals surface area contributed by atoms with Crippen molar-refractivity contribution < 1.29 is 17.6 Å². The van der Waals surface area contributed by atoms with E-state index in [1.54, 1.807) is 29.7 Å². The molecule has 0 bridgehead atoms. The molecule has 3 aromatic rings. The van der Waals surface area contributed by atoms with Crippen molar-refractivity contribution in [1.82, 2.24) is 10.3 Å². The Kier molecular flexibility index (Phi) is 5.69. The highest BCUT2D eigenvalue weighted by Gasteiger charge is 2.25. The first-order chi connectivity index (χ1) is 14.4. The van der Waals surface area contributed by atoms with Crippen molar-refractivity contribution >= 4 is 38.1 Å². The zero-order chi connectivity index (χ0) is 21.1. The van der Waals surface area contributed by atoms with Crippen LogP contribution in [0, 0.1) is 5.82 Å². The lowest BCUT2D eigenvalue weighted by atomic mass is 10.1. The first kappa shape index (κ1) is 20.3. The number of thiazole rings is 1. The second kappa shape index (κ2) is 8.41. The number of carbonyl (C=O) groups excluding carboxylic acids is 1. The van der Waals surface area contributed by atoms with Crippen LogP contribution < -0.4 is 14.9 Å². The predicted molar refractivity (Wildman–Crippen MR) is 114 cm³/mol. The highest BCUT2D eigenvalue weighted by atomic mass is 32.2. The molecule has 2 aromatic carbocycles. The molecule has 1 aliphatic heterocycles. The van der Waals surface area contributed by atoms with Crippen LogP contribution in [0.2, 0.25) is 0 Å². The summed E-state index contributed by atoms with van der Waals surface area (Å²) in [4.78, 5) is 18.8. The number of hydrogen-bond acceptors (Lipinski definition) is 6. The molecule has 1 saturated heterocycles. The van der Waals surface area contributed by atoms with E-state index in [-0.39, 0.29) is 22.5 Å². The molecule has 156 valence electrons. The quantitative estimate of drug-likeness (QED) is 0.607. The SMILES string of the molecule is O=C(NC1CCN(c2nccs2)C1)c1ccc(NS(=O)(=O)c2cccc(F)c2)cc1. The smallest absolute Gasteiger partial charge is 0.261 e. The predicted octanol–water partition coefficient (Wildman–Crippen LogP) is 3.09. The molecule has 2 heterocycles. The fourth-order valence-electron chi connectivity index (χ4n) is 3.23. The Balaban J connectivity index is 1.37. The van der Waals surface area contributed by atoms with Crippen LogP contribution in [0.15, 0.2) is 65.0 Å². The molecule has 1 atom stereocenters. The molecule has 1 amide bonds. The minimum Gasteiger partial charge on any atom is -0.347 e.